The summed E-state index contributed by atoms with van der Waals surface area (Å²) in [5.41, 5.74) is -0.776. The van der Waals surface area contributed by atoms with Crippen molar-refractivity contribution in [2.75, 3.05) is 0 Å². The van der Waals surface area contributed by atoms with Gasteiger partial charge in [0.05, 0.1) is 0 Å². The Morgan fingerprint density at radius 2 is 2.00 bits per heavy atom. The first-order chi connectivity index (χ1) is 7.80. The zero-order chi connectivity index (χ0) is 12.8. The van der Waals surface area contributed by atoms with E-state index in [1.807, 2.05) is 0 Å². The first-order valence-corrected chi connectivity index (χ1v) is 7.12. The Hall–Kier alpha value is -1.39. The topological polar surface area (TPSA) is 69.4 Å². The van der Waals surface area contributed by atoms with Crippen molar-refractivity contribution in [2.24, 2.45) is 0 Å². The molecule has 0 fully saturated rings. The zero-order valence-electron chi connectivity index (χ0n) is 7.82. The second-order valence-corrected chi connectivity index (χ2v) is 7.21. The molecule has 0 unspecified atom stereocenters. The summed E-state index contributed by atoms with van der Waals surface area (Å²) in [6, 6.07) is 2.72. The van der Waals surface area contributed by atoms with E-state index in [1.165, 1.54) is 0 Å². The van der Waals surface area contributed by atoms with Gasteiger partial charge in [-0.05, 0) is 0 Å². The van der Waals surface area contributed by atoms with Gasteiger partial charge in [-0.15, -0.1) is 0 Å². The molecule has 0 atom stereocenters. The number of carbonyl (C=O) groups is 1. The molecule has 0 spiro atoms. The van der Waals surface area contributed by atoms with Gasteiger partial charge in [0.2, 0.25) is 0 Å². The summed E-state index contributed by atoms with van der Waals surface area (Å²) < 4.78 is 37.1. The first-order valence-electron chi connectivity index (χ1n) is 4.08. The summed E-state index contributed by atoms with van der Waals surface area (Å²) in [5.74, 6) is -1.13. The van der Waals surface area contributed by atoms with Gasteiger partial charge in [0.1, 0.15) is 0 Å². The summed E-state index contributed by atoms with van der Waals surface area (Å²) in [4.78, 5) is 20.8. The molecular weight excluding hydrogens is 358 g/mol. The van der Waals surface area contributed by atoms with Crippen LogP contribution in [-0.4, -0.2) is 15.1 Å². The van der Waals surface area contributed by atoms with Crippen molar-refractivity contribution in [1.29, 1.82) is 0 Å². The number of fused-ring (bicyclic) bond motifs is 1. The van der Waals surface area contributed by atoms with Gasteiger partial charge in [-0.3, -0.25) is 0 Å². The Morgan fingerprint density at radius 3 is 2.53 bits per heavy atom. The fourth-order valence-corrected chi connectivity index (χ4v) is 4.44. The third-order valence-electron chi connectivity index (χ3n) is 1.91. The van der Waals surface area contributed by atoms with E-state index in [4.69, 9.17) is 0 Å². The summed E-state index contributed by atoms with van der Waals surface area (Å²) in [6.07, 6.45) is 0. The average molecular weight is 361 g/mol. The van der Waals surface area contributed by atoms with Crippen LogP contribution >= 0.6 is 20.2 Å². The maximum atomic E-state index is 12.5. The normalized spacial score (nSPS) is 16.6. The number of hydrogen-bond acceptors (Lipinski definition) is 4. The minimum atomic E-state index is -4.57. The predicted octanol–water partition coefficient (Wildman–Crippen LogP) is 2.88. The van der Waals surface area contributed by atoms with Crippen molar-refractivity contribution < 1.29 is 26.0 Å². The molecule has 0 saturated carbocycles. The number of non-ortho nitro benzene ring substituents is 1. The molecule has 92 valence electrons. The first kappa shape index (κ1) is 12.1. The Balaban J connectivity index is 2.51. The quantitative estimate of drug-likeness (QED) is 0.334. The van der Waals surface area contributed by atoms with Crippen molar-refractivity contribution in [3.63, 3.8) is 0 Å². The molecule has 0 saturated heterocycles. The third-order valence-corrected chi connectivity index (χ3v) is 5.86. The Labute approximate surface area is 99.6 Å². The van der Waals surface area contributed by atoms with E-state index < -0.39 is 41.0 Å². The van der Waals surface area contributed by atoms with E-state index in [0.717, 1.165) is 18.2 Å². The SMILES string of the molecule is O=C1OI(C(F)(F)F)c2ccc([N+](=O)[O-])cc21. The second-order valence-electron chi connectivity index (χ2n) is 2.96. The van der Waals surface area contributed by atoms with Crippen LogP contribution in [0.1, 0.15) is 10.4 Å². The number of halogens is 4. The number of alkyl halides is 4. The van der Waals surface area contributed by atoms with E-state index in [9.17, 15) is 28.1 Å². The van der Waals surface area contributed by atoms with E-state index in [2.05, 4.69) is 3.07 Å². The summed E-state index contributed by atoms with van der Waals surface area (Å²) in [5, 5.41) is 10.4. The molecule has 1 aromatic rings. The van der Waals surface area contributed by atoms with Gasteiger partial charge in [0.15, 0.2) is 0 Å². The van der Waals surface area contributed by atoms with Crippen LogP contribution in [0.15, 0.2) is 18.2 Å². The number of rotatable bonds is 1. The number of nitro groups is 1. The minimum absolute atomic E-state index is 0.239. The van der Waals surface area contributed by atoms with Crippen LogP contribution < -0.4 is 0 Å². The molecule has 0 N–H and O–H groups in total. The van der Waals surface area contributed by atoms with Gasteiger partial charge in [-0.2, -0.15) is 0 Å². The molecule has 1 aliphatic rings. The molecule has 0 bridgehead atoms. The van der Waals surface area contributed by atoms with Crippen molar-refractivity contribution in [3.8, 4) is 0 Å². The number of nitrogens with zero attached hydrogens (tertiary/aromatic N) is 1. The number of benzene rings is 1. The average Bonchev–Trinajstić information content (AvgIpc) is 2.55. The van der Waals surface area contributed by atoms with E-state index in [0.29, 0.717) is 0 Å². The summed E-state index contributed by atoms with van der Waals surface area (Å²) in [7, 11) is 0. The number of hydrogen-bond donors (Lipinski definition) is 0. The van der Waals surface area contributed by atoms with Gasteiger partial charge in [0, 0.05) is 0 Å². The van der Waals surface area contributed by atoms with Crippen molar-refractivity contribution in [1.82, 2.24) is 0 Å². The molecule has 2 rings (SSSR count). The molecular formula is C8H3F3INO4. The van der Waals surface area contributed by atoms with Gasteiger partial charge in [-0.1, -0.05) is 0 Å². The molecule has 17 heavy (non-hydrogen) atoms. The molecule has 1 heterocycles. The van der Waals surface area contributed by atoms with Gasteiger partial charge in [0.25, 0.3) is 0 Å². The molecule has 0 amide bonds. The number of carbonyl (C=O) groups excluding carboxylic acids is 1. The predicted molar refractivity (Wildman–Crippen MR) is 57.3 cm³/mol. The van der Waals surface area contributed by atoms with Crippen LogP contribution in [-0.2, 0) is 3.07 Å². The Kier molecular flexibility index (Phi) is 2.72. The fourth-order valence-electron chi connectivity index (χ4n) is 1.25. The molecule has 0 aliphatic carbocycles. The fraction of sp³-hybridized carbons (Fsp3) is 0.125. The van der Waals surface area contributed by atoms with Crippen molar-refractivity contribution >= 4 is 31.9 Å². The van der Waals surface area contributed by atoms with Crippen LogP contribution in [0.25, 0.3) is 0 Å². The van der Waals surface area contributed by atoms with Gasteiger partial charge in [-0.25, -0.2) is 0 Å². The van der Waals surface area contributed by atoms with E-state index in [-0.39, 0.29) is 9.13 Å². The van der Waals surface area contributed by atoms with Gasteiger partial charge >= 0.3 is 99.5 Å². The maximum absolute atomic E-state index is 12.5. The standard InChI is InChI=1S/C8H3F3INO4/c9-8(10,11)12-6-2-1-4(13(15)16)3-5(6)7(14)17-12/h1-3H. The van der Waals surface area contributed by atoms with Crippen LogP contribution in [0.4, 0.5) is 18.9 Å². The molecule has 9 heteroatoms. The third kappa shape index (κ3) is 2.06. The van der Waals surface area contributed by atoms with Crippen LogP contribution in [0.3, 0.4) is 0 Å². The van der Waals surface area contributed by atoms with Crippen LogP contribution in [0.2, 0.25) is 0 Å². The van der Waals surface area contributed by atoms with Crippen molar-refractivity contribution in [2.45, 2.75) is 4.18 Å². The van der Waals surface area contributed by atoms with Crippen LogP contribution in [0, 0.1) is 13.7 Å². The second kappa shape index (κ2) is 3.82. The van der Waals surface area contributed by atoms with Crippen LogP contribution in [0.5, 0.6) is 0 Å². The summed E-state index contributed by atoms with van der Waals surface area (Å²) >= 11 is -4.04. The molecule has 1 aliphatic heterocycles. The van der Waals surface area contributed by atoms with Crippen molar-refractivity contribution in [3.05, 3.63) is 37.4 Å². The monoisotopic (exact) mass is 361 g/mol. The Morgan fingerprint density at radius 1 is 1.35 bits per heavy atom. The Bertz CT molecular complexity index is 516. The molecule has 1 aromatic carbocycles. The van der Waals surface area contributed by atoms with Gasteiger partial charge < -0.3 is 0 Å². The molecule has 5 nitrogen and oxygen atoms in total. The number of nitro benzene ring substituents is 1. The zero-order valence-corrected chi connectivity index (χ0v) is 9.98. The van der Waals surface area contributed by atoms with E-state index >= 15 is 0 Å². The van der Waals surface area contributed by atoms with E-state index in [1.54, 1.807) is 0 Å². The molecule has 0 aromatic heterocycles. The summed E-state index contributed by atoms with van der Waals surface area (Å²) in [6.45, 7) is 0. The molecule has 0 radical (unpaired) electrons.